The molecule has 6 amide bonds. The lowest BCUT2D eigenvalue weighted by molar-refractivity contribution is -0.144. The van der Waals surface area contributed by atoms with Crippen molar-refractivity contribution in [1.29, 1.82) is 0 Å². The second-order valence-electron chi connectivity index (χ2n) is 15.4. The third kappa shape index (κ3) is 19.5. The summed E-state index contributed by atoms with van der Waals surface area (Å²) < 4.78 is 0. The van der Waals surface area contributed by atoms with E-state index in [0.29, 0.717) is 50.8 Å². The van der Waals surface area contributed by atoms with Crippen LogP contribution >= 0.6 is 0 Å². The zero-order valence-corrected chi connectivity index (χ0v) is 35.3. The van der Waals surface area contributed by atoms with E-state index in [1.807, 2.05) is 13.8 Å². The predicted molar refractivity (Wildman–Crippen MR) is 224 cm³/mol. The molecule has 332 valence electrons. The van der Waals surface area contributed by atoms with Crippen LogP contribution in [0.15, 0.2) is 36.9 Å². The number of carbonyl (C=O) groups is 7. The normalized spacial score (nSPS) is 15.2. The van der Waals surface area contributed by atoms with E-state index in [9.17, 15) is 43.8 Å². The number of benzene rings is 1. The number of phenolic OH excluding ortho intramolecular Hbond substituents is 1. The molecule has 18 nitrogen and oxygen atoms in total. The molecule has 0 bridgehead atoms. The standard InChI is InChI=1S/C41H69N9O9/c1-7-13-29(46-38(55)31(15-10-12-21-43)47-37(54)30(14-9-11-20-42)45-35(52)26(6)44)36(53)49-33(23-27-16-18-28(51)19-17-27)39(56)48-32(22-24(3)4)40(57)50-34(41(58)59)25(5)8-2/h7,16-19,24-26,29-34,51H,1,8-15,20-23,42-44H2,2-6H3,(H,45,52)(H,46,55)(H,47,54)(H,48,56)(H,49,53)(H,50,57)(H,58,59)/t25?,26-,29-,30-,31-,32-,33-,34?/m0/s1. The number of carboxylic acids is 1. The summed E-state index contributed by atoms with van der Waals surface area (Å²) in [4.78, 5) is 93.4. The van der Waals surface area contributed by atoms with Crippen LogP contribution in [0.1, 0.15) is 98.0 Å². The summed E-state index contributed by atoms with van der Waals surface area (Å²) >= 11 is 0. The minimum Gasteiger partial charge on any atom is -0.508 e. The van der Waals surface area contributed by atoms with E-state index in [1.54, 1.807) is 26.0 Å². The molecule has 0 aliphatic carbocycles. The molecule has 1 aromatic carbocycles. The third-order valence-electron chi connectivity index (χ3n) is 9.73. The highest BCUT2D eigenvalue weighted by atomic mass is 16.4. The number of nitrogens with two attached hydrogens (primary N) is 3. The number of carbonyl (C=O) groups excluding carboxylic acids is 6. The third-order valence-corrected chi connectivity index (χ3v) is 9.73. The molecule has 0 aliphatic rings. The number of hydrogen-bond acceptors (Lipinski definition) is 11. The van der Waals surface area contributed by atoms with Gasteiger partial charge in [0.15, 0.2) is 0 Å². The predicted octanol–water partition coefficient (Wildman–Crippen LogP) is 0.202. The maximum atomic E-state index is 14.0. The number of amides is 6. The molecule has 1 rings (SSSR count). The van der Waals surface area contributed by atoms with Crippen molar-refractivity contribution >= 4 is 41.4 Å². The first kappa shape index (κ1) is 51.9. The molecule has 0 heterocycles. The quantitative estimate of drug-likeness (QED) is 0.0381. The number of unbranched alkanes of at least 4 members (excludes halogenated alkanes) is 2. The van der Waals surface area contributed by atoms with E-state index in [-0.39, 0.29) is 43.8 Å². The molecule has 0 fully saturated rings. The number of nitrogens with one attached hydrogen (secondary N) is 6. The van der Waals surface area contributed by atoms with Gasteiger partial charge in [0.1, 0.15) is 42.0 Å². The summed E-state index contributed by atoms with van der Waals surface area (Å²) in [5, 5.41) is 35.6. The van der Waals surface area contributed by atoms with Crippen LogP contribution in [-0.2, 0) is 40.0 Å². The summed E-state index contributed by atoms with van der Waals surface area (Å²) in [6.07, 6.45) is 4.34. The number of rotatable bonds is 29. The van der Waals surface area contributed by atoms with Gasteiger partial charge in [-0.15, -0.1) is 6.58 Å². The summed E-state index contributed by atoms with van der Waals surface area (Å²) in [5.41, 5.74) is 17.6. The van der Waals surface area contributed by atoms with Crippen LogP contribution in [0.5, 0.6) is 5.75 Å². The fourth-order valence-electron chi connectivity index (χ4n) is 6.03. The Hall–Kier alpha value is -5.07. The van der Waals surface area contributed by atoms with Gasteiger partial charge in [-0.05, 0) is 101 Å². The van der Waals surface area contributed by atoms with Gasteiger partial charge in [0.25, 0.3) is 0 Å². The van der Waals surface area contributed by atoms with Crippen molar-refractivity contribution in [1.82, 2.24) is 31.9 Å². The minimum absolute atomic E-state index is 0.0261. The fraction of sp³-hybridized carbons (Fsp3) is 0.634. The van der Waals surface area contributed by atoms with Gasteiger partial charge in [-0.2, -0.15) is 0 Å². The van der Waals surface area contributed by atoms with Crippen LogP contribution in [0.25, 0.3) is 0 Å². The number of aliphatic carboxylic acids is 1. The number of phenols is 1. The van der Waals surface area contributed by atoms with Gasteiger partial charge in [-0.3, -0.25) is 28.8 Å². The van der Waals surface area contributed by atoms with Gasteiger partial charge >= 0.3 is 5.97 Å². The van der Waals surface area contributed by atoms with E-state index < -0.39 is 89.6 Å². The highest BCUT2D eigenvalue weighted by molar-refractivity contribution is 5.97. The van der Waals surface area contributed by atoms with Crippen molar-refractivity contribution in [2.45, 2.75) is 141 Å². The number of carboxylic acid groups (broad SMARTS) is 1. The largest absolute Gasteiger partial charge is 0.508 e. The maximum Gasteiger partial charge on any atom is 0.326 e. The molecule has 59 heavy (non-hydrogen) atoms. The van der Waals surface area contributed by atoms with Gasteiger partial charge in [-0.25, -0.2) is 4.79 Å². The second-order valence-corrected chi connectivity index (χ2v) is 15.4. The van der Waals surface area contributed by atoms with E-state index in [1.165, 1.54) is 25.1 Å². The Kier molecular flexibility index (Phi) is 24.3. The summed E-state index contributed by atoms with van der Waals surface area (Å²) in [6, 6.07) is -2.06. The molecule has 0 aromatic heterocycles. The molecule has 18 heteroatoms. The molecular formula is C41H69N9O9. The van der Waals surface area contributed by atoms with Crippen LogP contribution in [0.3, 0.4) is 0 Å². The lowest BCUT2D eigenvalue weighted by Gasteiger charge is -2.28. The molecule has 0 saturated carbocycles. The monoisotopic (exact) mass is 832 g/mol. The molecule has 0 radical (unpaired) electrons. The molecule has 2 unspecified atom stereocenters. The number of hydrogen-bond donors (Lipinski definition) is 11. The van der Waals surface area contributed by atoms with Crippen LogP contribution in [0.2, 0.25) is 0 Å². The summed E-state index contributed by atoms with van der Waals surface area (Å²) in [5.74, 6) is -5.87. The van der Waals surface area contributed by atoms with Crippen molar-refractivity contribution in [3.05, 3.63) is 42.5 Å². The van der Waals surface area contributed by atoms with E-state index in [0.717, 1.165) is 0 Å². The first-order valence-electron chi connectivity index (χ1n) is 20.5. The fourth-order valence-corrected chi connectivity index (χ4v) is 6.03. The van der Waals surface area contributed by atoms with E-state index in [4.69, 9.17) is 17.2 Å². The Balaban J connectivity index is 3.44. The van der Waals surface area contributed by atoms with E-state index >= 15 is 0 Å². The average molecular weight is 832 g/mol. The van der Waals surface area contributed by atoms with Gasteiger partial charge in [0, 0.05) is 6.42 Å². The van der Waals surface area contributed by atoms with Crippen LogP contribution < -0.4 is 49.1 Å². The number of aromatic hydroxyl groups is 1. The SMILES string of the molecule is C=CC[C@H](NC(=O)[C@H](CCCCN)NC(=O)[C@H](CCCCN)NC(=O)[C@H](C)N)C(=O)N[C@@H](Cc1ccc(O)cc1)C(=O)N[C@@H](CC(C)C)C(=O)NC(C(=O)O)C(C)CC. The smallest absolute Gasteiger partial charge is 0.326 e. The van der Waals surface area contributed by atoms with E-state index in [2.05, 4.69) is 38.5 Å². The van der Waals surface area contributed by atoms with Crippen molar-refractivity contribution in [2.75, 3.05) is 13.1 Å². The second kappa shape index (κ2) is 27.6. The minimum atomic E-state index is -1.31. The first-order chi connectivity index (χ1) is 27.9. The Morgan fingerprint density at radius 3 is 1.56 bits per heavy atom. The van der Waals surface area contributed by atoms with Gasteiger partial charge in [0.2, 0.25) is 35.4 Å². The highest BCUT2D eigenvalue weighted by Gasteiger charge is 2.34. The van der Waals surface area contributed by atoms with Crippen molar-refractivity contribution in [3.8, 4) is 5.75 Å². The van der Waals surface area contributed by atoms with Crippen molar-refractivity contribution in [2.24, 2.45) is 29.0 Å². The zero-order chi connectivity index (χ0) is 44.7. The molecule has 0 saturated heterocycles. The molecule has 8 atom stereocenters. The Bertz CT molecular complexity index is 1520. The molecular weight excluding hydrogens is 763 g/mol. The van der Waals surface area contributed by atoms with Gasteiger partial charge < -0.3 is 59.3 Å². The lowest BCUT2D eigenvalue weighted by atomic mass is 9.97. The van der Waals surface area contributed by atoms with Crippen molar-refractivity contribution in [3.63, 3.8) is 0 Å². The lowest BCUT2D eigenvalue weighted by Crippen LogP contribution is -2.60. The zero-order valence-electron chi connectivity index (χ0n) is 35.3. The van der Waals surface area contributed by atoms with Crippen molar-refractivity contribution < 1.29 is 43.8 Å². The van der Waals surface area contributed by atoms with Gasteiger partial charge in [-0.1, -0.05) is 52.3 Å². The Morgan fingerprint density at radius 1 is 0.661 bits per heavy atom. The maximum absolute atomic E-state index is 14.0. The summed E-state index contributed by atoms with van der Waals surface area (Å²) in [6.45, 7) is 13.0. The highest BCUT2D eigenvalue weighted by Crippen LogP contribution is 2.15. The Morgan fingerprint density at radius 2 is 1.10 bits per heavy atom. The molecule has 0 spiro atoms. The Labute approximate surface area is 348 Å². The summed E-state index contributed by atoms with van der Waals surface area (Å²) in [7, 11) is 0. The molecule has 0 aliphatic heterocycles. The average Bonchev–Trinajstić information content (AvgIpc) is 3.18. The molecule has 1 aromatic rings. The first-order valence-corrected chi connectivity index (χ1v) is 20.5. The van der Waals surface area contributed by atoms with Gasteiger partial charge in [0.05, 0.1) is 6.04 Å². The van der Waals surface area contributed by atoms with Crippen LogP contribution in [0, 0.1) is 11.8 Å². The molecule has 14 N–H and O–H groups in total. The topological polar surface area (TPSA) is 310 Å². The van der Waals surface area contributed by atoms with Crippen LogP contribution in [-0.4, -0.2) is 107 Å². The van der Waals surface area contributed by atoms with Crippen LogP contribution in [0.4, 0.5) is 0 Å².